The van der Waals surface area contributed by atoms with Crippen molar-refractivity contribution in [2.75, 3.05) is 14.2 Å². The molecule has 0 aliphatic rings. The van der Waals surface area contributed by atoms with Crippen molar-refractivity contribution in [1.29, 1.82) is 0 Å². The molecular weight excluding hydrogens is 214 g/mol. The van der Waals surface area contributed by atoms with E-state index in [1.165, 1.54) is 0 Å². The third-order valence-electron chi connectivity index (χ3n) is 2.93. The minimum Gasteiger partial charge on any atom is -0.497 e. The molecule has 0 spiro atoms. The van der Waals surface area contributed by atoms with Gasteiger partial charge in [0.2, 0.25) is 0 Å². The Hall–Kier alpha value is -1.68. The number of hydrogen-bond donors (Lipinski definition) is 1. The number of methoxy groups -OCH3 is 1. The fourth-order valence-electron chi connectivity index (χ4n) is 1.73. The lowest BCUT2D eigenvalue weighted by Gasteiger charge is -2.11. The SMILES string of the molecule is CNC(C)c1nc(C)c2cc(OC)ccc2n1. The molecule has 0 bridgehead atoms. The third kappa shape index (κ3) is 2.22. The van der Waals surface area contributed by atoms with Gasteiger partial charge in [-0.15, -0.1) is 0 Å². The van der Waals surface area contributed by atoms with Crippen LogP contribution < -0.4 is 10.1 Å². The number of nitrogens with one attached hydrogen (secondary N) is 1. The molecule has 1 atom stereocenters. The topological polar surface area (TPSA) is 47.0 Å². The highest BCUT2D eigenvalue weighted by atomic mass is 16.5. The van der Waals surface area contributed by atoms with Crippen molar-refractivity contribution in [2.45, 2.75) is 19.9 Å². The first-order chi connectivity index (χ1) is 8.15. The maximum Gasteiger partial charge on any atom is 0.145 e. The van der Waals surface area contributed by atoms with Gasteiger partial charge in [0.05, 0.1) is 18.7 Å². The predicted molar refractivity (Wildman–Crippen MR) is 68.3 cm³/mol. The predicted octanol–water partition coefficient (Wildman–Crippen LogP) is 2.23. The molecular formula is C13H17N3O. The molecule has 0 amide bonds. The Morgan fingerprint density at radius 1 is 1.29 bits per heavy atom. The standard InChI is InChI=1S/C13H17N3O/c1-8-11-7-10(17-4)5-6-12(11)16-13(15-8)9(2)14-3/h5-7,9,14H,1-4H3. The van der Waals surface area contributed by atoms with Gasteiger partial charge in [-0.3, -0.25) is 0 Å². The summed E-state index contributed by atoms with van der Waals surface area (Å²) in [7, 11) is 3.57. The molecule has 1 aromatic carbocycles. The molecule has 1 heterocycles. The second-order valence-electron chi connectivity index (χ2n) is 4.06. The molecule has 2 rings (SSSR count). The Morgan fingerprint density at radius 2 is 2.06 bits per heavy atom. The molecule has 90 valence electrons. The number of aromatic nitrogens is 2. The number of fused-ring (bicyclic) bond motifs is 1. The minimum absolute atomic E-state index is 0.153. The van der Waals surface area contributed by atoms with Gasteiger partial charge >= 0.3 is 0 Å². The first kappa shape index (κ1) is 11.8. The zero-order valence-electron chi connectivity index (χ0n) is 10.6. The molecule has 1 N–H and O–H groups in total. The molecule has 17 heavy (non-hydrogen) atoms. The van der Waals surface area contributed by atoms with Gasteiger partial charge in [0.25, 0.3) is 0 Å². The van der Waals surface area contributed by atoms with Crippen molar-refractivity contribution in [3.63, 3.8) is 0 Å². The van der Waals surface area contributed by atoms with E-state index in [0.29, 0.717) is 0 Å². The quantitative estimate of drug-likeness (QED) is 0.880. The molecule has 0 aliphatic heterocycles. The van der Waals surface area contributed by atoms with Gasteiger partial charge in [0.1, 0.15) is 11.6 Å². The number of hydrogen-bond acceptors (Lipinski definition) is 4. The highest BCUT2D eigenvalue weighted by Crippen LogP contribution is 2.22. The van der Waals surface area contributed by atoms with Gasteiger partial charge in [-0.05, 0) is 39.1 Å². The summed E-state index contributed by atoms with van der Waals surface area (Å²) in [4.78, 5) is 9.07. The van der Waals surface area contributed by atoms with Crippen LogP contribution in [0.1, 0.15) is 24.5 Å². The summed E-state index contributed by atoms with van der Waals surface area (Å²) < 4.78 is 5.21. The van der Waals surface area contributed by atoms with Crippen LogP contribution in [0.5, 0.6) is 5.75 Å². The zero-order valence-corrected chi connectivity index (χ0v) is 10.6. The van der Waals surface area contributed by atoms with E-state index in [0.717, 1.165) is 28.2 Å². The molecule has 1 aromatic heterocycles. The van der Waals surface area contributed by atoms with Gasteiger partial charge in [-0.2, -0.15) is 0 Å². The Balaban J connectivity index is 2.59. The van der Waals surface area contributed by atoms with Crippen molar-refractivity contribution in [3.8, 4) is 5.75 Å². The van der Waals surface area contributed by atoms with Gasteiger partial charge in [-0.1, -0.05) is 0 Å². The van der Waals surface area contributed by atoms with E-state index in [1.807, 2.05) is 39.1 Å². The molecule has 0 aliphatic carbocycles. The lowest BCUT2D eigenvalue weighted by atomic mass is 10.1. The van der Waals surface area contributed by atoms with Crippen molar-refractivity contribution in [1.82, 2.24) is 15.3 Å². The summed E-state index contributed by atoms with van der Waals surface area (Å²) >= 11 is 0. The molecule has 4 nitrogen and oxygen atoms in total. The van der Waals surface area contributed by atoms with Gasteiger partial charge < -0.3 is 10.1 Å². The average Bonchev–Trinajstić information content (AvgIpc) is 2.37. The molecule has 2 aromatic rings. The Bertz CT molecular complexity index is 539. The molecule has 4 heteroatoms. The van der Waals surface area contributed by atoms with Crippen molar-refractivity contribution in [3.05, 3.63) is 29.7 Å². The zero-order chi connectivity index (χ0) is 12.4. The van der Waals surface area contributed by atoms with E-state index in [1.54, 1.807) is 7.11 Å². The van der Waals surface area contributed by atoms with Crippen LogP contribution >= 0.6 is 0 Å². The lowest BCUT2D eigenvalue weighted by Crippen LogP contribution is -2.16. The Morgan fingerprint density at radius 3 is 2.71 bits per heavy atom. The van der Waals surface area contributed by atoms with Crippen molar-refractivity contribution in [2.24, 2.45) is 0 Å². The molecule has 0 saturated heterocycles. The van der Waals surface area contributed by atoms with Crippen LogP contribution in [-0.4, -0.2) is 24.1 Å². The lowest BCUT2D eigenvalue weighted by molar-refractivity contribution is 0.415. The van der Waals surface area contributed by atoms with Gasteiger partial charge in [-0.25, -0.2) is 9.97 Å². The van der Waals surface area contributed by atoms with E-state index in [9.17, 15) is 0 Å². The van der Waals surface area contributed by atoms with Crippen LogP contribution in [-0.2, 0) is 0 Å². The van der Waals surface area contributed by atoms with E-state index < -0.39 is 0 Å². The third-order valence-corrected chi connectivity index (χ3v) is 2.93. The largest absolute Gasteiger partial charge is 0.497 e. The minimum atomic E-state index is 0.153. The summed E-state index contributed by atoms with van der Waals surface area (Å²) in [5.41, 5.74) is 1.93. The molecule has 0 saturated carbocycles. The van der Waals surface area contributed by atoms with E-state index in [4.69, 9.17) is 4.74 Å². The second-order valence-corrected chi connectivity index (χ2v) is 4.06. The van der Waals surface area contributed by atoms with Crippen LogP contribution in [0.15, 0.2) is 18.2 Å². The second kappa shape index (κ2) is 4.67. The normalized spacial score (nSPS) is 12.7. The molecule has 1 unspecified atom stereocenters. The summed E-state index contributed by atoms with van der Waals surface area (Å²) in [5, 5.41) is 4.18. The van der Waals surface area contributed by atoms with Crippen molar-refractivity contribution >= 4 is 10.9 Å². The molecule has 0 fully saturated rings. The monoisotopic (exact) mass is 231 g/mol. The van der Waals surface area contributed by atoms with Gasteiger partial charge in [0.15, 0.2) is 0 Å². The number of aryl methyl sites for hydroxylation is 1. The smallest absolute Gasteiger partial charge is 0.145 e. The summed E-state index contributed by atoms with van der Waals surface area (Å²) in [5.74, 6) is 1.65. The summed E-state index contributed by atoms with van der Waals surface area (Å²) in [6, 6.07) is 6.01. The van der Waals surface area contributed by atoms with E-state index in [-0.39, 0.29) is 6.04 Å². The van der Waals surface area contributed by atoms with Crippen LogP contribution in [0, 0.1) is 6.92 Å². The van der Waals surface area contributed by atoms with Crippen LogP contribution in [0.25, 0.3) is 10.9 Å². The Kier molecular flexibility index (Phi) is 3.24. The summed E-state index contributed by atoms with van der Waals surface area (Å²) in [6.07, 6.45) is 0. The maximum absolute atomic E-state index is 5.21. The number of nitrogens with zero attached hydrogens (tertiary/aromatic N) is 2. The van der Waals surface area contributed by atoms with E-state index >= 15 is 0 Å². The van der Waals surface area contributed by atoms with E-state index in [2.05, 4.69) is 15.3 Å². The average molecular weight is 231 g/mol. The van der Waals surface area contributed by atoms with Crippen LogP contribution in [0.2, 0.25) is 0 Å². The first-order valence-corrected chi connectivity index (χ1v) is 5.65. The van der Waals surface area contributed by atoms with Gasteiger partial charge in [0, 0.05) is 11.1 Å². The van der Waals surface area contributed by atoms with Crippen LogP contribution in [0.3, 0.4) is 0 Å². The Labute approximate surface area is 101 Å². The first-order valence-electron chi connectivity index (χ1n) is 5.65. The fraction of sp³-hybridized carbons (Fsp3) is 0.385. The highest BCUT2D eigenvalue weighted by Gasteiger charge is 2.10. The highest BCUT2D eigenvalue weighted by molar-refractivity contribution is 5.82. The number of ether oxygens (including phenoxy) is 1. The fourth-order valence-corrected chi connectivity index (χ4v) is 1.73. The number of rotatable bonds is 3. The summed E-state index contributed by atoms with van der Waals surface area (Å²) in [6.45, 7) is 4.04. The number of benzene rings is 1. The molecule has 0 radical (unpaired) electrons. The van der Waals surface area contributed by atoms with Crippen LogP contribution in [0.4, 0.5) is 0 Å². The maximum atomic E-state index is 5.21. The van der Waals surface area contributed by atoms with Crippen molar-refractivity contribution < 1.29 is 4.74 Å².